The average molecular weight is 401 g/mol. The molecule has 0 fully saturated rings. The number of hydrogen-bond donors (Lipinski definition) is 1. The third-order valence-corrected chi connectivity index (χ3v) is 4.52. The van der Waals surface area contributed by atoms with Crippen molar-refractivity contribution in [2.45, 2.75) is 5.22 Å². The molecular weight excluding hydrogens is 382 g/mol. The van der Waals surface area contributed by atoms with Crippen LogP contribution in [-0.4, -0.2) is 44.2 Å². The molecule has 0 saturated heterocycles. The number of hydrazone groups is 1. The minimum absolute atomic E-state index is 0.124. The number of carbonyl (C=O) groups excluding carboxylic acids is 1. The van der Waals surface area contributed by atoms with E-state index in [0.29, 0.717) is 33.6 Å². The van der Waals surface area contributed by atoms with Crippen LogP contribution in [0.4, 0.5) is 0 Å². The van der Waals surface area contributed by atoms with E-state index in [1.165, 1.54) is 39.3 Å². The Morgan fingerprint density at radius 2 is 1.89 bits per heavy atom. The molecule has 0 spiro atoms. The van der Waals surface area contributed by atoms with Gasteiger partial charge in [0.15, 0.2) is 17.1 Å². The number of aromatic nitrogens is 1. The van der Waals surface area contributed by atoms with Gasteiger partial charge in [0.25, 0.3) is 11.1 Å². The molecule has 0 aliphatic heterocycles. The van der Waals surface area contributed by atoms with E-state index in [9.17, 15) is 4.79 Å². The van der Waals surface area contributed by atoms with Crippen molar-refractivity contribution in [3.05, 3.63) is 42.0 Å². The molecule has 3 aromatic rings. The largest absolute Gasteiger partial charge is 0.493 e. The number of amides is 1. The Balaban J connectivity index is 1.58. The molecule has 0 unspecified atom stereocenters. The van der Waals surface area contributed by atoms with Gasteiger partial charge in [0.1, 0.15) is 5.52 Å². The number of nitrogens with zero attached hydrogens (tertiary/aromatic N) is 2. The van der Waals surface area contributed by atoms with E-state index in [0.717, 1.165) is 5.52 Å². The first-order chi connectivity index (χ1) is 13.6. The topological polar surface area (TPSA) is 95.2 Å². The smallest absolute Gasteiger partial charge is 0.257 e. The molecule has 9 heteroatoms. The van der Waals surface area contributed by atoms with Crippen molar-refractivity contribution in [3.63, 3.8) is 0 Å². The molecule has 146 valence electrons. The number of rotatable bonds is 8. The lowest BCUT2D eigenvalue weighted by molar-refractivity contribution is -0.118. The molecule has 1 N–H and O–H groups in total. The average Bonchev–Trinajstić information content (AvgIpc) is 3.14. The molecule has 0 radical (unpaired) electrons. The Bertz CT molecular complexity index is 944. The van der Waals surface area contributed by atoms with Crippen LogP contribution < -0.4 is 19.6 Å². The molecule has 0 aliphatic rings. The number of benzene rings is 2. The summed E-state index contributed by atoms with van der Waals surface area (Å²) in [6.45, 7) is 0. The lowest BCUT2D eigenvalue weighted by Crippen LogP contribution is -2.19. The van der Waals surface area contributed by atoms with Gasteiger partial charge in [-0.25, -0.2) is 10.4 Å². The fourth-order valence-electron chi connectivity index (χ4n) is 2.43. The number of fused-ring (bicyclic) bond motifs is 1. The van der Waals surface area contributed by atoms with Gasteiger partial charge >= 0.3 is 0 Å². The molecule has 1 heterocycles. The van der Waals surface area contributed by atoms with Gasteiger partial charge in [-0.2, -0.15) is 5.10 Å². The molecule has 0 aliphatic carbocycles. The van der Waals surface area contributed by atoms with Crippen molar-refractivity contribution in [2.24, 2.45) is 5.10 Å². The van der Waals surface area contributed by atoms with Crippen molar-refractivity contribution in [1.29, 1.82) is 0 Å². The highest BCUT2D eigenvalue weighted by Crippen LogP contribution is 2.37. The molecule has 0 atom stereocenters. The van der Waals surface area contributed by atoms with Gasteiger partial charge in [0, 0.05) is 5.56 Å². The highest BCUT2D eigenvalue weighted by molar-refractivity contribution is 7.99. The minimum Gasteiger partial charge on any atom is -0.493 e. The highest BCUT2D eigenvalue weighted by atomic mass is 32.2. The van der Waals surface area contributed by atoms with Crippen LogP contribution >= 0.6 is 11.8 Å². The predicted molar refractivity (Wildman–Crippen MR) is 107 cm³/mol. The van der Waals surface area contributed by atoms with Gasteiger partial charge < -0.3 is 18.6 Å². The van der Waals surface area contributed by atoms with Gasteiger partial charge in [0.2, 0.25) is 5.75 Å². The normalized spacial score (nSPS) is 11.0. The summed E-state index contributed by atoms with van der Waals surface area (Å²) in [7, 11) is 4.59. The SMILES string of the molecule is COc1cc(/C=N/NC(=O)CSc2nc3ccccc3o2)cc(OC)c1OC. The van der Waals surface area contributed by atoms with Crippen molar-refractivity contribution in [2.75, 3.05) is 27.1 Å². The summed E-state index contributed by atoms with van der Waals surface area (Å²) in [5.74, 6) is 1.33. The zero-order valence-electron chi connectivity index (χ0n) is 15.6. The van der Waals surface area contributed by atoms with Crippen molar-refractivity contribution < 1.29 is 23.4 Å². The van der Waals surface area contributed by atoms with E-state index in [1.807, 2.05) is 24.3 Å². The summed E-state index contributed by atoms with van der Waals surface area (Å²) < 4.78 is 21.4. The van der Waals surface area contributed by atoms with Gasteiger partial charge in [0.05, 0.1) is 33.3 Å². The van der Waals surface area contributed by atoms with E-state index in [2.05, 4.69) is 15.5 Å². The van der Waals surface area contributed by atoms with Crippen LogP contribution in [0.1, 0.15) is 5.56 Å². The number of methoxy groups -OCH3 is 3. The third-order valence-electron chi connectivity index (χ3n) is 3.69. The van der Waals surface area contributed by atoms with E-state index in [4.69, 9.17) is 18.6 Å². The second kappa shape index (κ2) is 9.14. The van der Waals surface area contributed by atoms with Crippen LogP contribution in [0.2, 0.25) is 0 Å². The number of thioether (sulfide) groups is 1. The Morgan fingerprint density at radius 3 is 2.54 bits per heavy atom. The molecule has 0 saturated carbocycles. The summed E-state index contributed by atoms with van der Waals surface area (Å²) >= 11 is 1.20. The van der Waals surface area contributed by atoms with Crippen LogP contribution in [0.3, 0.4) is 0 Å². The van der Waals surface area contributed by atoms with Crippen molar-refractivity contribution in [3.8, 4) is 17.2 Å². The lowest BCUT2D eigenvalue weighted by Gasteiger charge is -2.12. The van der Waals surface area contributed by atoms with E-state index >= 15 is 0 Å². The van der Waals surface area contributed by atoms with Crippen LogP contribution in [0, 0.1) is 0 Å². The van der Waals surface area contributed by atoms with Crippen LogP contribution in [-0.2, 0) is 4.79 Å². The number of oxazole rings is 1. The van der Waals surface area contributed by atoms with Crippen LogP contribution in [0.15, 0.2) is 51.1 Å². The number of para-hydroxylation sites is 2. The molecule has 0 bridgehead atoms. The standard InChI is InChI=1S/C19H19N3O5S/c1-24-15-8-12(9-16(25-2)18(15)26-3)10-20-22-17(23)11-28-19-21-13-6-4-5-7-14(13)27-19/h4-10H,11H2,1-3H3,(H,22,23)/b20-10+. The Morgan fingerprint density at radius 1 is 1.18 bits per heavy atom. The second-order valence-electron chi connectivity index (χ2n) is 5.49. The maximum atomic E-state index is 12.0. The van der Waals surface area contributed by atoms with E-state index in [-0.39, 0.29) is 11.7 Å². The van der Waals surface area contributed by atoms with Gasteiger partial charge in [-0.1, -0.05) is 23.9 Å². The van der Waals surface area contributed by atoms with Gasteiger partial charge in [-0.3, -0.25) is 4.79 Å². The Labute approximate surface area is 165 Å². The summed E-state index contributed by atoms with van der Waals surface area (Å²) in [6.07, 6.45) is 1.49. The zero-order valence-corrected chi connectivity index (χ0v) is 16.4. The summed E-state index contributed by atoms with van der Waals surface area (Å²) in [4.78, 5) is 16.3. The molecule has 1 amide bonds. The van der Waals surface area contributed by atoms with Gasteiger partial charge in [-0.05, 0) is 24.3 Å². The molecule has 2 aromatic carbocycles. The zero-order chi connectivity index (χ0) is 19.9. The number of nitrogens with one attached hydrogen (secondary N) is 1. The van der Waals surface area contributed by atoms with E-state index in [1.54, 1.807) is 12.1 Å². The highest BCUT2D eigenvalue weighted by Gasteiger charge is 2.12. The maximum Gasteiger partial charge on any atom is 0.257 e. The van der Waals surface area contributed by atoms with Crippen molar-refractivity contribution in [1.82, 2.24) is 10.4 Å². The monoisotopic (exact) mass is 401 g/mol. The summed E-state index contributed by atoms with van der Waals surface area (Å²) in [5.41, 5.74) is 4.59. The number of carbonyl (C=O) groups is 1. The fourth-order valence-corrected chi connectivity index (χ4v) is 3.06. The first kappa shape index (κ1) is 19.6. The summed E-state index contributed by atoms with van der Waals surface area (Å²) in [6, 6.07) is 10.9. The van der Waals surface area contributed by atoms with Crippen LogP contribution in [0.5, 0.6) is 17.2 Å². The van der Waals surface area contributed by atoms with Crippen LogP contribution in [0.25, 0.3) is 11.1 Å². The number of hydrogen-bond acceptors (Lipinski definition) is 8. The molecule has 28 heavy (non-hydrogen) atoms. The minimum atomic E-state index is -0.282. The Kier molecular flexibility index (Phi) is 6.38. The second-order valence-corrected chi connectivity index (χ2v) is 6.41. The molecule has 1 aromatic heterocycles. The Hall–Kier alpha value is -3.20. The first-order valence-corrected chi connectivity index (χ1v) is 9.23. The molecule has 8 nitrogen and oxygen atoms in total. The van der Waals surface area contributed by atoms with Crippen molar-refractivity contribution >= 4 is 35.0 Å². The third kappa shape index (κ3) is 4.55. The quantitative estimate of drug-likeness (QED) is 0.352. The summed E-state index contributed by atoms with van der Waals surface area (Å²) in [5, 5.41) is 4.40. The number of ether oxygens (including phenoxy) is 3. The van der Waals surface area contributed by atoms with Gasteiger partial charge in [-0.15, -0.1) is 0 Å². The fraction of sp³-hybridized carbons (Fsp3) is 0.211. The lowest BCUT2D eigenvalue weighted by atomic mass is 10.2. The molecular formula is C19H19N3O5S. The van der Waals surface area contributed by atoms with E-state index < -0.39 is 0 Å². The maximum absolute atomic E-state index is 12.0. The molecule has 3 rings (SSSR count). The first-order valence-electron chi connectivity index (χ1n) is 8.25. The predicted octanol–water partition coefficient (Wildman–Crippen LogP) is 3.10.